The largest absolute Gasteiger partial charge is 0.496 e. The third-order valence-electron chi connectivity index (χ3n) is 5.90. The molecule has 1 fully saturated rings. The number of ether oxygens (including phenoxy) is 1. The van der Waals surface area contributed by atoms with Gasteiger partial charge in [-0.2, -0.15) is 0 Å². The summed E-state index contributed by atoms with van der Waals surface area (Å²) in [6, 6.07) is 14.7. The summed E-state index contributed by atoms with van der Waals surface area (Å²) in [4.78, 5) is 4.91. The molecule has 0 aromatic heterocycles. The Morgan fingerprint density at radius 2 is 1.86 bits per heavy atom. The fraction of sp³-hybridized carbons (Fsp3) is 0.440. The quantitative estimate of drug-likeness (QED) is 0.766. The molecule has 1 aliphatic rings. The van der Waals surface area contributed by atoms with Gasteiger partial charge in [0.15, 0.2) is 0 Å². The summed E-state index contributed by atoms with van der Waals surface area (Å²) in [5.41, 5.74) is 4.90. The van der Waals surface area contributed by atoms with Crippen LogP contribution in [0.15, 0.2) is 42.5 Å². The van der Waals surface area contributed by atoms with E-state index >= 15 is 0 Å². The highest BCUT2D eigenvalue weighted by Gasteiger charge is 2.26. The van der Waals surface area contributed by atoms with Crippen LogP contribution in [0, 0.1) is 25.7 Å². The van der Waals surface area contributed by atoms with Crippen molar-refractivity contribution in [3.63, 3.8) is 0 Å². The summed E-state index contributed by atoms with van der Waals surface area (Å²) in [7, 11) is 1.72. The molecule has 29 heavy (non-hydrogen) atoms. The average Bonchev–Trinajstić information content (AvgIpc) is 2.74. The van der Waals surface area contributed by atoms with Gasteiger partial charge in [-0.25, -0.2) is 0 Å². The Hall–Kier alpha value is -2.32. The van der Waals surface area contributed by atoms with Gasteiger partial charge >= 0.3 is 0 Å². The van der Waals surface area contributed by atoms with E-state index < -0.39 is 0 Å². The van der Waals surface area contributed by atoms with Crippen molar-refractivity contribution in [1.29, 1.82) is 0 Å². The maximum absolute atomic E-state index is 9.59. The molecule has 0 radical (unpaired) electrons. The van der Waals surface area contributed by atoms with Gasteiger partial charge in [0.25, 0.3) is 0 Å². The molecular weight excluding hydrogens is 360 g/mol. The lowest BCUT2D eigenvalue weighted by Gasteiger charge is -2.41. The predicted molar refractivity (Wildman–Crippen MR) is 118 cm³/mol. The number of aliphatic hydroxyl groups excluding tert-OH is 1. The smallest absolute Gasteiger partial charge is 0.122 e. The number of nitrogens with zero attached hydrogens (tertiary/aromatic N) is 2. The third kappa shape index (κ3) is 5.61. The minimum atomic E-state index is 0.214. The van der Waals surface area contributed by atoms with Gasteiger partial charge in [0.1, 0.15) is 5.75 Å². The Labute approximate surface area is 175 Å². The van der Waals surface area contributed by atoms with Crippen LogP contribution in [0.25, 0.3) is 0 Å². The molecule has 4 heteroatoms. The highest BCUT2D eigenvalue weighted by atomic mass is 16.5. The van der Waals surface area contributed by atoms with Gasteiger partial charge in [-0.1, -0.05) is 36.1 Å². The van der Waals surface area contributed by atoms with Crippen LogP contribution in [0.2, 0.25) is 0 Å². The summed E-state index contributed by atoms with van der Waals surface area (Å²) < 4.78 is 5.45. The molecule has 154 valence electrons. The van der Waals surface area contributed by atoms with Gasteiger partial charge in [-0.05, 0) is 55.2 Å². The molecule has 2 aromatic rings. The minimum absolute atomic E-state index is 0.214. The van der Waals surface area contributed by atoms with E-state index in [1.165, 1.54) is 16.7 Å². The molecular formula is C25H32N2O2. The van der Waals surface area contributed by atoms with Crippen molar-refractivity contribution >= 4 is 0 Å². The first kappa shape index (κ1) is 21.4. The molecule has 0 bridgehead atoms. The maximum Gasteiger partial charge on any atom is 0.122 e. The van der Waals surface area contributed by atoms with Crippen LogP contribution < -0.4 is 4.74 Å². The van der Waals surface area contributed by atoms with E-state index in [9.17, 15) is 5.11 Å². The second kappa shape index (κ2) is 10.5. The van der Waals surface area contributed by atoms with Crippen LogP contribution >= 0.6 is 0 Å². The Kier molecular flexibility index (Phi) is 7.71. The maximum atomic E-state index is 9.59. The second-order valence-corrected chi connectivity index (χ2v) is 7.72. The normalized spacial score (nSPS) is 17.6. The molecule has 0 spiro atoms. The summed E-state index contributed by atoms with van der Waals surface area (Å²) >= 11 is 0. The molecule has 1 saturated heterocycles. The predicted octanol–water partition coefficient (Wildman–Crippen LogP) is 3.23. The highest BCUT2D eigenvalue weighted by Crippen LogP contribution is 2.26. The first-order valence-corrected chi connectivity index (χ1v) is 10.4. The van der Waals surface area contributed by atoms with Crippen molar-refractivity contribution in [3.8, 4) is 17.6 Å². The molecule has 1 atom stereocenters. The van der Waals surface area contributed by atoms with E-state index in [4.69, 9.17) is 4.74 Å². The minimum Gasteiger partial charge on any atom is -0.496 e. The zero-order chi connectivity index (χ0) is 20.6. The van der Waals surface area contributed by atoms with Crippen LogP contribution in [-0.2, 0) is 6.54 Å². The van der Waals surface area contributed by atoms with Crippen molar-refractivity contribution < 1.29 is 9.84 Å². The van der Waals surface area contributed by atoms with Gasteiger partial charge in [0, 0.05) is 44.4 Å². The van der Waals surface area contributed by atoms with Crippen LogP contribution in [0.5, 0.6) is 5.75 Å². The van der Waals surface area contributed by atoms with E-state index in [1.54, 1.807) is 7.11 Å². The number of methoxy groups -OCH3 is 1. The number of piperazine rings is 1. The monoisotopic (exact) mass is 392 g/mol. The van der Waals surface area contributed by atoms with Crippen molar-refractivity contribution in [2.75, 3.05) is 39.9 Å². The lowest BCUT2D eigenvalue weighted by Crippen LogP contribution is -2.53. The fourth-order valence-corrected chi connectivity index (χ4v) is 3.97. The summed E-state index contributed by atoms with van der Waals surface area (Å²) in [5, 5.41) is 9.59. The van der Waals surface area contributed by atoms with Crippen molar-refractivity contribution in [2.24, 2.45) is 0 Å². The van der Waals surface area contributed by atoms with E-state index in [1.807, 2.05) is 30.3 Å². The molecule has 4 nitrogen and oxygen atoms in total. The van der Waals surface area contributed by atoms with E-state index in [0.29, 0.717) is 6.04 Å². The van der Waals surface area contributed by atoms with E-state index in [-0.39, 0.29) is 6.61 Å². The highest BCUT2D eigenvalue weighted by molar-refractivity contribution is 5.43. The second-order valence-electron chi connectivity index (χ2n) is 7.72. The van der Waals surface area contributed by atoms with Crippen LogP contribution in [0.4, 0.5) is 0 Å². The van der Waals surface area contributed by atoms with Crippen LogP contribution in [0.3, 0.4) is 0 Å². The molecule has 2 aromatic carbocycles. The number of aliphatic hydroxyl groups is 1. The third-order valence-corrected chi connectivity index (χ3v) is 5.90. The number of hydrogen-bond acceptors (Lipinski definition) is 4. The number of rotatable bonds is 6. The molecule has 1 heterocycles. The van der Waals surface area contributed by atoms with Gasteiger partial charge in [0.2, 0.25) is 0 Å². The van der Waals surface area contributed by atoms with Crippen LogP contribution in [0.1, 0.15) is 28.7 Å². The van der Waals surface area contributed by atoms with Gasteiger partial charge in [0.05, 0.1) is 13.7 Å². The molecule has 1 N–H and O–H groups in total. The molecule has 0 amide bonds. The lowest BCUT2D eigenvalue weighted by atomic mass is 10.00. The number of hydrogen-bond donors (Lipinski definition) is 1. The van der Waals surface area contributed by atoms with Crippen molar-refractivity contribution in [3.05, 3.63) is 64.7 Å². The molecule has 0 saturated carbocycles. The van der Waals surface area contributed by atoms with E-state index in [0.717, 1.165) is 50.5 Å². The van der Waals surface area contributed by atoms with Gasteiger partial charge in [-0.15, -0.1) is 0 Å². The van der Waals surface area contributed by atoms with E-state index in [2.05, 4.69) is 47.6 Å². The SMILES string of the molecule is COc1ccc(CN2CCN(CC#Cc3ccccc3)C[C@@H]2CCO)c(C)c1C. The topological polar surface area (TPSA) is 35.9 Å². The zero-order valence-corrected chi connectivity index (χ0v) is 17.8. The van der Waals surface area contributed by atoms with Crippen molar-refractivity contribution in [1.82, 2.24) is 9.80 Å². The molecule has 3 rings (SSSR count). The summed E-state index contributed by atoms with van der Waals surface area (Å²) in [6.45, 7) is 9.11. The molecule has 0 unspecified atom stereocenters. The Morgan fingerprint density at radius 1 is 1.07 bits per heavy atom. The van der Waals surface area contributed by atoms with Gasteiger partial charge in [-0.3, -0.25) is 9.80 Å². The first-order chi connectivity index (χ1) is 14.1. The zero-order valence-electron chi connectivity index (χ0n) is 17.8. The lowest BCUT2D eigenvalue weighted by molar-refractivity contribution is 0.0604. The first-order valence-electron chi connectivity index (χ1n) is 10.4. The Balaban J connectivity index is 1.63. The molecule has 0 aliphatic carbocycles. The van der Waals surface area contributed by atoms with Crippen molar-refractivity contribution in [2.45, 2.75) is 32.9 Å². The average molecular weight is 393 g/mol. The fourth-order valence-electron chi connectivity index (χ4n) is 3.97. The van der Waals surface area contributed by atoms with Gasteiger partial charge < -0.3 is 9.84 Å². The Bertz CT molecular complexity index is 854. The summed E-state index contributed by atoms with van der Waals surface area (Å²) in [5.74, 6) is 7.50. The molecule has 1 aliphatic heterocycles. The number of benzene rings is 2. The summed E-state index contributed by atoms with van der Waals surface area (Å²) in [6.07, 6.45) is 0.788. The Morgan fingerprint density at radius 3 is 2.59 bits per heavy atom. The van der Waals surface area contributed by atoms with Crippen LogP contribution in [-0.4, -0.2) is 60.8 Å². The standard InChI is InChI=1S/C25H32N2O2/c1-20-21(2)25(29-3)12-11-23(20)18-27-16-15-26(19-24(27)13-17-28)14-7-10-22-8-5-4-6-9-22/h4-6,8-9,11-12,24,28H,13-19H2,1-3H3/t24-/m0/s1.